The minimum atomic E-state index is -0.518. The summed E-state index contributed by atoms with van der Waals surface area (Å²) in [6.07, 6.45) is 1.48. The molecular formula is C13H11BrN4O3. The number of amides is 1. The van der Waals surface area contributed by atoms with Gasteiger partial charge in [0.1, 0.15) is 5.75 Å². The van der Waals surface area contributed by atoms with Crippen LogP contribution in [-0.4, -0.2) is 29.4 Å². The van der Waals surface area contributed by atoms with Gasteiger partial charge in [0, 0.05) is 6.07 Å². The molecule has 1 heterocycles. The fourth-order valence-electron chi connectivity index (χ4n) is 1.46. The Morgan fingerprint density at radius 1 is 1.43 bits per heavy atom. The van der Waals surface area contributed by atoms with Crippen molar-refractivity contribution in [1.29, 1.82) is 0 Å². The number of rotatable bonds is 4. The summed E-state index contributed by atoms with van der Waals surface area (Å²) >= 11 is 3.35. The van der Waals surface area contributed by atoms with Crippen molar-refractivity contribution in [3.8, 4) is 5.75 Å². The maximum absolute atomic E-state index is 11.7. The number of hydrogen-bond donors (Lipinski definition) is 2. The number of H-pyrrole nitrogens is 1. The van der Waals surface area contributed by atoms with Crippen molar-refractivity contribution in [1.82, 2.24) is 15.6 Å². The number of hydrogen-bond acceptors (Lipinski definition) is 5. The number of nitrogens with one attached hydrogen (secondary N) is 2. The molecule has 0 atom stereocenters. The average molecular weight is 351 g/mol. The normalized spacial score (nSPS) is 10.6. The molecule has 0 radical (unpaired) electrons. The third kappa shape index (κ3) is 3.99. The lowest BCUT2D eigenvalue weighted by atomic mass is 10.2. The summed E-state index contributed by atoms with van der Waals surface area (Å²) in [7, 11) is 1.57. The van der Waals surface area contributed by atoms with Crippen molar-refractivity contribution in [3.63, 3.8) is 0 Å². The van der Waals surface area contributed by atoms with Crippen LogP contribution in [-0.2, 0) is 0 Å². The van der Waals surface area contributed by atoms with Gasteiger partial charge in [0.15, 0.2) is 5.69 Å². The molecule has 0 aliphatic rings. The van der Waals surface area contributed by atoms with Crippen molar-refractivity contribution >= 4 is 28.1 Å². The molecule has 0 fully saturated rings. The summed E-state index contributed by atoms with van der Waals surface area (Å²) in [5.74, 6) is 0.184. The number of hydrazone groups is 1. The molecular weight excluding hydrogens is 340 g/mol. The lowest BCUT2D eigenvalue weighted by molar-refractivity contribution is 0.0949. The molecule has 108 valence electrons. The Bertz CT molecular complexity index is 722. The van der Waals surface area contributed by atoms with E-state index < -0.39 is 5.91 Å². The van der Waals surface area contributed by atoms with Gasteiger partial charge in [-0.1, -0.05) is 0 Å². The Kier molecular flexibility index (Phi) is 4.83. The van der Waals surface area contributed by atoms with E-state index >= 15 is 0 Å². The van der Waals surface area contributed by atoms with Crippen LogP contribution < -0.4 is 15.7 Å². The number of nitrogens with zero attached hydrogens (tertiary/aromatic N) is 2. The van der Waals surface area contributed by atoms with Gasteiger partial charge in [0.2, 0.25) is 0 Å². The Morgan fingerprint density at radius 3 is 2.86 bits per heavy atom. The summed E-state index contributed by atoms with van der Waals surface area (Å²) in [5, 5.41) is 9.58. The molecule has 1 aromatic heterocycles. The number of halogens is 1. The number of methoxy groups -OCH3 is 1. The number of ether oxygens (including phenoxy) is 1. The molecule has 21 heavy (non-hydrogen) atoms. The van der Waals surface area contributed by atoms with Crippen LogP contribution in [0.15, 0.2) is 44.7 Å². The SMILES string of the molecule is COc1ccc(/C=N\NC(=O)c2ccc(=O)[nH]n2)cc1Br. The summed E-state index contributed by atoms with van der Waals surface area (Å²) < 4.78 is 5.89. The van der Waals surface area contributed by atoms with Crippen molar-refractivity contribution in [2.45, 2.75) is 0 Å². The van der Waals surface area contributed by atoms with Gasteiger partial charge in [-0.25, -0.2) is 10.5 Å². The molecule has 0 spiro atoms. The first-order valence-electron chi connectivity index (χ1n) is 5.83. The van der Waals surface area contributed by atoms with E-state index in [1.807, 2.05) is 0 Å². The van der Waals surface area contributed by atoms with Gasteiger partial charge in [-0.3, -0.25) is 9.59 Å². The molecule has 1 aromatic carbocycles. The third-order valence-electron chi connectivity index (χ3n) is 2.47. The molecule has 0 saturated carbocycles. The molecule has 0 bridgehead atoms. The van der Waals surface area contributed by atoms with Crippen molar-refractivity contribution in [2.75, 3.05) is 7.11 Å². The highest BCUT2D eigenvalue weighted by Gasteiger charge is 2.05. The molecule has 0 unspecified atom stereocenters. The molecule has 2 N–H and O–H groups in total. The van der Waals surface area contributed by atoms with Crippen LogP contribution in [0.25, 0.3) is 0 Å². The molecule has 0 aliphatic heterocycles. The Labute approximate surface area is 128 Å². The zero-order valence-corrected chi connectivity index (χ0v) is 12.5. The van der Waals surface area contributed by atoms with Crippen molar-refractivity contribution < 1.29 is 9.53 Å². The summed E-state index contributed by atoms with van der Waals surface area (Å²) in [6, 6.07) is 7.89. The standard InChI is InChI=1S/C13H11BrN4O3/c1-21-11-4-2-8(6-9(11)14)7-15-18-13(20)10-3-5-12(19)17-16-10/h2-7H,1H3,(H,17,19)(H,18,20)/b15-7-. The first-order chi connectivity index (χ1) is 10.1. The molecule has 7 nitrogen and oxygen atoms in total. The van der Waals surface area contributed by atoms with Crippen LogP contribution in [0, 0.1) is 0 Å². The van der Waals surface area contributed by atoms with E-state index in [0.717, 1.165) is 10.0 Å². The maximum Gasteiger partial charge on any atom is 0.291 e. The van der Waals surface area contributed by atoms with Gasteiger partial charge in [0.25, 0.3) is 11.5 Å². The van der Waals surface area contributed by atoms with Crippen molar-refractivity contribution in [2.24, 2.45) is 5.10 Å². The van der Waals surface area contributed by atoms with Crippen LogP contribution in [0.4, 0.5) is 0 Å². The van der Waals surface area contributed by atoms with Crippen LogP contribution in [0.3, 0.4) is 0 Å². The second-order valence-electron chi connectivity index (χ2n) is 3.90. The summed E-state index contributed by atoms with van der Waals surface area (Å²) in [6.45, 7) is 0. The van der Waals surface area contributed by atoms with Crippen LogP contribution in [0.1, 0.15) is 16.1 Å². The predicted octanol–water partition coefficient (Wildman–Crippen LogP) is 1.30. The molecule has 2 rings (SSSR count). The minimum absolute atomic E-state index is 0.0719. The molecule has 1 amide bonds. The second kappa shape index (κ2) is 6.80. The zero-order chi connectivity index (χ0) is 15.2. The van der Waals surface area contributed by atoms with Gasteiger partial charge < -0.3 is 4.74 Å². The fourth-order valence-corrected chi connectivity index (χ4v) is 2.01. The Hall–Kier alpha value is -2.48. The first kappa shape index (κ1) is 14.9. The number of benzene rings is 1. The molecule has 0 saturated heterocycles. The maximum atomic E-state index is 11.7. The largest absolute Gasteiger partial charge is 0.496 e. The smallest absolute Gasteiger partial charge is 0.291 e. The topological polar surface area (TPSA) is 96.4 Å². The second-order valence-corrected chi connectivity index (χ2v) is 4.75. The average Bonchev–Trinajstić information content (AvgIpc) is 2.48. The number of aromatic nitrogens is 2. The van der Waals surface area contributed by atoms with E-state index in [1.165, 1.54) is 18.3 Å². The lowest BCUT2D eigenvalue weighted by Gasteiger charge is -2.03. The molecule has 0 aliphatic carbocycles. The Balaban J connectivity index is 2.02. The fraction of sp³-hybridized carbons (Fsp3) is 0.0769. The van der Waals surface area contributed by atoms with Crippen molar-refractivity contribution in [3.05, 3.63) is 56.4 Å². The number of aromatic amines is 1. The predicted molar refractivity (Wildman–Crippen MR) is 80.6 cm³/mol. The highest BCUT2D eigenvalue weighted by Crippen LogP contribution is 2.24. The van der Waals surface area contributed by atoms with E-state index in [9.17, 15) is 9.59 Å². The summed E-state index contributed by atoms with van der Waals surface area (Å²) in [4.78, 5) is 22.5. The lowest BCUT2D eigenvalue weighted by Crippen LogP contribution is -2.21. The van der Waals surface area contributed by atoms with Gasteiger partial charge in [0.05, 0.1) is 17.8 Å². The number of carbonyl (C=O) groups is 1. The van der Waals surface area contributed by atoms with Gasteiger partial charge in [-0.15, -0.1) is 0 Å². The molecule has 2 aromatic rings. The van der Waals surface area contributed by atoms with E-state index in [4.69, 9.17) is 4.74 Å². The molecule has 8 heteroatoms. The first-order valence-corrected chi connectivity index (χ1v) is 6.62. The van der Waals surface area contributed by atoms with Gasteiger partial charge in [-0.05, 0) is 45.8 Å². The number of carbonyl (C=O) groups excluding carboxylic acids is 1. The van der Waals surface area contributed by atoms with Crippen LogP contribution in [0.5, 0.6) is 5.75 Å². The monoisotopic (exact) mass is 350 g/mol. The zero-order valence-electron chi connectivity index (χ0n) is 11.0. The quantitative estimate of drug-likeness (QED) is 0.641. The third-order valence-corrected chi connectivity index (χ3v) is 3.09. The highest BCUT2D eigenvalue weighted by atomic mass is 79.9. The van der Waals surface area contributed by atoms with E-state index in [-0.39, 0.29) is 11.3 Å². The van der Waals surface area contributed by atoms with Gasteiger partial charge >= 0.3 is 0 Å². The summed E-state index contributed by atoms with van der Waals surface area (Å²) in [5.41, 5.74) is 2.78. The van der Waals surface area contributed by atoms with E-state index in [0.29, 0.717) is 5.75 Å². The highest BCUT2D eigenvalue weighted by molar-refractivity contribution is 9.10. The van der Waals surface area contributed by atoms with Crippen LogP contribution >= 0.6 is 15.9 Å². The van der Waals surface area contributed by atoms with E-state index in [2.05, 4.69) is 36.7 Å². The van der Waals surface area contributed by atoms with Crippen LogP contribution in [0.2, 0.25) is 0 Å². The Morgan fingerprint density at radius 2 is 2.24 bits per heavy atom. The minimum Gasteiger partial charge on any atom is -0.496 e. The van der Waals surface area contributed by atoms with E-state index in [1.54, 1.807) is 25.3 Å². The van der Waals surface area contributed by atoms with Gasteiger partial charge in [-0.2, -0.15) is 10.2 Å².